The molecule has 1 aliphatic carbocycles. The van der Waals surface area contributed by atoms with E-state index >= 15 is 0 Å². The topological polar surface area (TPSA) is 16.4 Å². The van der Waals surface area contributed by atoms with Gasteiger partial charge in [-0.2, -0.15) is 0 Å². The van der Waals surface area contributed by atoms with Crippen molar-refractivity contribution in [1.82, 2.24) is 0 Å². The Morgan fingerprint density at radius 3 is 1.83 bits per heavy atom. The van der Waals surface area contributed by atoms with E-state index in [1.165, 1.54) is 64.7 Å². The van der Waals surface area contributed by atoms with Crippen molar-refractivity contribution in [3.05, 3.63) is 259 Å². The number of thiophene rings is 1. The van der Waals surface area contributed by atoms with Crippen molar-refractivity contribution in [1.29, 1.82) is 0 Å². The van der Waals surface area contributed by atoms with Gasteiger partial charge in [0, 0.05) is 53.4 Å². The predicted molar refractivity (Wildman–Crippen MR) is 269 cm³/mol. The van der Waals surface area contributed by atoms with E-state index in [2.05, 4.69) is 235 Å². The molecule has 2 aromatic heterocycles. The summed E-state index contributed by atoms with van der Waals surface area (Å²) in [7, 11) is 0. The van der Waals surface area contributed by atoms with E-state index in [0.29, 0.717) is 0 Å². The Hall–Kier alpha value is -7.98. The van der Waals surface area contributed by atoms with E-state index in [9.17, 15) is 0 Å². The maximum absolute atomic E-state index is 6.60. The van der Waals surface area contributed by atoms with Crippen LogP contribution in [0, 0.1) is 0 Å². The normalized spacial score (nSPS) is 12.8. The van der Waals surface area contributed by atoms with Crippen LogP contribution in [-0.4, -0.2) is 0 Å². The third-order valence-corrected chi connectivity index (χ3v) is 14.5. The lowest BCUT2D eigenvalue weighted by Gasteiger charge is -2.34. The van der Waals surface area contributed by atoms with Crippen LogP contribution in [0.4, 0.5) is 17.1 Å². The number of para-hydroxylation sites is 2. The van der Waals surface area contributed by atoms with Crippen LogP contribution in [0.25, 0.3) is 75.5 Å². The number of rotatable bonds is 7. The smallest absolute Gasteiger partial charge is 0.143 e. The lowest BCUT2D eigenvalue weighted by atomic mass is 9.68. The fraction of sp³-hybridized carbons (Fsp3) is 0.0164. The summed E-state index contributed by atoms with van der Waals surface area (Å²) >= 11 is 1.86. The zero-order valence-corrected chi connectivity index (χ0v) is 35.6. The van der Waals surface area contributed by atoms with Gasteiger partial charge in [0.25, 0.3) is 0 Å². The van der Waals surface area contributed by atoms with Gasteiger partial charge < -0.3 is 9.32 Å². The Morgan fingerprint density at radius 1 is 0.375 bits per heavy atom. The van der Waals surface area contributed by atoms with Crippen molar-refractivity contribution in [3.8, 4) is 33.4 Å². The van der Waals surface area contributed by atoms with Gasteiger partial charge in [-0.1, -0.05) is 182 Å². The van der Waals surface area contributed by atoms with Gasteiger partial charge in [-0.15, -0.1) is 11.3 Å². The molecule has 3 heteroatoms. The molecule has 0 aliphatic heterocycles. The molecule has 0 fully saturated rings. The molecule has 64 heavy (non-hydrogen) atoms. The van der Waals surface area contributed by atoms with Crippen LogP contribution < -0.4 is 4.90 Å². The second kappa shape index (κ2) is 14.6. The lowest BCUT2D eigenvalue weighted by molar-refractivity contribution is 0.670. The summed E-state index contributed by atoms with van der Waals surface area (Å²) < 4.78 is 9.23. The van der Waals surface area contributed by atoms with Crippen molar-refractivity contribution >= 4 is 70.5 Å². The average molecular weight is 834 g/mol. The van der Waals surface area contributed by atoms with Crippen molar-refractivity contribution in [2.24, 2.45) is 0 Å². The monoisotopic (exact) mass is 833 g/mol. The molecule has 0 unspecified atom stereocenters. The van der Waals surface area contributed by atoms with E-state index in [0.717, 1.165) is 50.1 Å². The molecule has 0 saturated carbocycles. The van der Waals surface area contributed by atoms with Crippen LogP contribution in [0.5, 0.6) is 0 Å². The summed E-state index contributed by atoms with van der Waals surface area (Å²) in [5, 5.41) is 4.86. The van der Waals surface area contributed by atoms with Crippen molar-refractivity contribution < 1.29 is 4.42 Å². The van der Waals surface area contributed by atoms with Crippen molar-refractivity contribution in [2.75, 3.05) is 4.90 Å². The summed E-state index contributed by atoms with van der Waals surface area (Å²) in [5.41, 5.74) is 16.6. The van der Waals surface area contributed by atoms with Gasteiger partial charge in [0.1, 0.15) is 11.2 Å². The summed E-state index contributed by atoms with van der Waals surface area (Å²) in [6.07, 6.45) is 0. The Bertz CT molecular complexity index is 3690. The SMILES string of the molecule is c1ccc(C2(c3ccccc3)c3ccccc3-c3c(N(c4ccc(-c5ccc6sc7ccccc7c6c5)cc4)c4cccc(-c5cccc6c5oc5ccccc56)c4)cccc32)cc1. The molecule has 0 spiro atoms. The van der Waals surface area contributed by atoms with Crippen molar-refractivity contribution in [3.63, 3.8) is 0 Å². The molecule has 300 valence electrons. The molecule has 13 rings (SSSR count). The minimum Gasteiger partial charge on any atom is -0.455 e. The zero-order valence-electron chi connectivity index (χ0n) is 34.8. The number of hydrogen-bond acceptors (Lipinski definition) is 3. The molecule has 10 aromatic carbocycles. The number of benzene rings is 10. The van der Waals surface area contributed by atoms with Crippen LogP contribution >= 0.6 is 11.3 Å². The number of hydrogen-bond donors (Lipinski definition) is 0. The molecular formula is C61H39NOS. The summed E-state index contributed by atoms with van der Waals surface area (Å²) in [6, 6.07) is 86.6. The quantitative estimate of drug-likeness (QED) is 0.159. The molecule has 0 radical (unpaired) electrons. The Morgan fingerprint density at radius 2 is 1.00 bits per heavy atom. The highest BCUT2D eigenvalue weighted by atomic mass is 32.1. The molecule has 0 amide bonds. The van der Waals surface area contributed by atoms with Gasteiger partial charge in [0.2, 0.25) is 0 Å². The van der Waals surface area contributed by atoms with Crippen LogP contribution in [0.15, 0.2) is 241 Å². The molecule has 0 saturated heterocycles. The van der Waals surface area contributed by atoms with Crippen molar-refractivity contribution in [2.45, 2.75) is 5.41 Å². The molecule has 0 bridgehead atoms. The van der Waals surface area contributed by atoms with Crippen LogP contribution in [0.1, 0.15) is 22.3 Å². The number of fused-ring (bicyclic) bond motifs is 9. The maximum atomic E-state index is 6.60. The summed E-state index contributed by atoms with van der Waals surface area (Å²) in [6.45, 7) is 0. The van der Waals surface area contributed by atoms with Gasteiger partial charge in [0.15, 0.2) is 0 Å². The first-order valence-corrected chi connectivity index (χ1v) is 22.7. The number of furan rings is 1. The van der Waals surface area contributed by atoms with E-state index < -0.39 is 5.41 Å². The maximum Gasteiger partial charge on any atom is 0.143 e. The molecule has 1 aliphatic rings. The van der Waals surface area contributed by atoms with Gasteiger partial charge in [-0.05, 0) is 99.1 Å². The third-order valence-electron chi connectivity index (χ3n) is 13.4. The standard InChI is InChI=1S/C61H39NOS/c1-3-17-43(18-4-1)61(44-19-5-2-6-20-44)53-27-10-7-24-51(53)59-54(61)28-15-29-55(59)62(45-35-32-40(33-36-45)41-34-37-58-52(39-41)49-23-9-12-31-57(49)64-58)46-21-13-16-42(38-46)47-25-14-26-50-48-22-8-11-30-56(48)63-60(47)50/h1-39H. The molecule has 0 atom stereocenters. The highest BCUT2D eigenvalue weighted by Gasteiger charge is 2.47. The molecular weight excluding hydrogens is 795 g/mol. The zero-order chi connectivity index (χ0) is 42.2. The summed E-state index contributed by atoms with van der Waals surface area (Å²) in [4.78, 5) is 2.46. The first kappa shape index (κ1) is 36.7. The molecule has 12 aromatic rings. The second-order valence-electron chi connectivity index (χ2n) is 16.7. The Balaban J connectivity index is 1.03. The third kappa shape index (κ3) is 5.51. The fourth-order valence-corrected chi connectivity index (χ4v) is 11.7. The molecule has 0 N–H and O–H groups in total. The predicted octanol–water partition coefficient (Wildman–Crippen LogP) is 17.1. The van der Waals surface area contributed by atoms with Crippen LogP contribution in [-0.2, 0) is 5.41 Å². The van der Waals surface area contributed by atoms with Gasteiger partial charge in [-0.3, -0.25) is 0 Å². The van der Waals surface area contributed by atoms with Gasteiger partial charge >= 0.3 is 0 Å². The summed E-state index contributed by atoms with van der Waals surface area (Å²) in [5.74, 6) is 0. The first-order chi connectivity index (χ1) is 31.7. The minimum absolute atomic E-state index is 0.525. The largest absolute Gasteiger partial charge is 0.455 e. The average Bonchev–Trinajstić information content (AvgIpc) is 4.04. The Kier molecular flexibility index (Phi) is 8.34. The van der Waals surface area contributed by atoms with E-state index in [-0.39, 0.29) is 0 Å². The van der Waals surface area contributed by atoms with Crippen LogP contribution in [0.3, 0.4) is 0 Å². The number of nitrogens with zero attached hydrogens (tertiary/aromatic N) is 1. The Labute approximate surface area is 375 Å². The van der Waals surface area contributed by atoms with Gasteiger partial charge in [-0.25, -0.2) is 0 Å². The van der Waals surface area contributed by atoms with Crippen LogP contribution in [0.2, 0.25) is 0 Å². The van der Waals surface area contributed by atoms with E-state index in [1.807, 2.05) is 17.4 Å². The molecule has 2 nitrogen and oxygen atoms in total. The highest BCUT2D eigenvalue weighted by Crippen LogP contribution is 2.59. The second-order valence-corrected chi connectivity index (χ2v) is 17.8. The first-order valence-electron chi connectivity index (χ1n) is 21.9. The van der Waals surface area contributed by atoms with E-state index in [1.54, 1.807) is 0 Å². The highest BCUT2D eigenvalue weighted by molar-refractivity contribution is 7.25. The van der Waals surface area contributed by atoms with E-state index in [4.69, 9.17) is 4.42 Å². The van der Waals surface area contributed by atoms with Gasteiger partial charge in [0.05, 0.1) is 11.1 Å². The minimum atomic E-state index is -0.525. The lowest BCUT2D eigenvalue weighted by Crippen LogP contribution is -2.28. The fourth-order valence-electron chi connectivity index (χ4n) is 10.6. The molecule has 2 heterocycles. The number of anilines is 3.